The van der Waals surface area contributed by atoms with Crippen molar-refractivity contribution in [3.05, 3.63) is 0 Å². The van der Waals surface area contributed by atoms with Crippen LogP contribution in [0.3, 0.4) is 0 Å². The van der Waals surface area contributed by atoms with Crippen molar-refractivity contribution in [2.24, 2.45) is 46.8 Å². The molecule has 1 heteroatoms. The summed E-state index contributed by atoms with van der Waals surface area (Å²) in [4.78, 5) is 0. The third kappa shape index (κ3) is 4.64. The molecule has 0 radical (unpaired) electrons. The van der Waals surface area contributed by atoms with E-state index in [0.717, 1.165) is 47.8 Å². The van der Waals surface area contributed by atoms with Crippen LogP contribution >= 0.6 is 0 Å². The quantitative estimate of drug-likeness (QED) is 0.366. The van der Waals surface area contributed by atoms with Gasteiger partial charge in [-0.3, -0.25) is 0 Å². The van der Waals surface area contributed by atoms with Gasteiger partial charge in [-0.05, 0) is 99.2 Å². The maximum atomic E-state index is 9.95. The summed E-state index contributed by atoms with van der Waals surface area (Å²) in [7, 11) is 0. The van der Waals surface area contributed by atoms with Crippen molar-refractivity contribution < 1.29 is 0 Å². The smallest absolute Gasteiger partial charge is 0.0689 e. The Hall–Kier alpha value is -0.510. The Morgan fingerprint density at radius 1 is 0.733 bits per heavy atom. The standard InChI is InChI=1S/C29H49N/c1-3-5-6-7-8-10-22-11-9-12-26-24(22)15-16-27-25-17-19-29(21-30,18-4-2)20-23(25)13-14-28(26)27/h22-28H,3-20H2,1-2H3/t22-,23?,24?,25?,26?,27?,28?,29-/m0/s1. The number of rotatable bonds is 8. The predicted molar refractivity (Wildman–Crippen MR) is 127 cm³/mol. The average molecular weight is 412 g/mol. The molecule has 0 aromatic rings. The van der Waals surface area contributed by atoms with Crippen LogP contribution in [0.2, 0.25) is 0 Å². The molecule has 4 saturated carbocycles. The van der Waals surface area contributed by atoms with Crippen LogP contribution in [0.1, 0.15) is 129 Å². The van der Waals surface area contributed by atoms with E-state index in [-0.39, 0.29) is 5.41 Å². The van der Waals surface area contributed by atoms with Crippen LogP contribution in [-0.4, -0.2) is 0 Å². The van der Waals surface area contributed by atoms with E-state index in [1.54, 1.807) is 19.3 Å². The van der Waals surface area contributed by atoms with Crippen molar-refractivity contribution in [2.45, 2.75) is 129 Å². The van der Waals surface area contributed by atoms with Crippen molar-refractivity contribution in [3.8, 4) is 6.07 Å². The Kier molecular flexibility index (Phi) is 7.86. The molecule has 0 aromatic heterocycles. The zero-order valence-corrected chi connectivity index (χ0v) is 20.2. The fourth-order valence-electron chi connectivity index (χ4n) is 9.20. The second-order valence-corrected chi connectivity index (χ2v) is 12.0. The van der Waals surface area contributed by atoms with E-state index in [1.165, 1.54) is 89.9 Å². The van der Waals surface area contributed by atoms with E-state index >= 15 is 0 Å². The maximum absolute atomic E-state index is 9.95. The second-order valence-electron chi connectivity index (χ2n) is 12.0. The third-order valence-electron chi connectivity index (χ3n) is 10.5. The fraction of sp³-hybridized carbons (Fsp3) is 0.966. The Balaban J connectivity index is 1.36. The lowest BCUT2D eigenvalue weighted by molar-refractivity contribution is -0.0717. The van der Waals surface area contributed by atoms with Gasteiger partial charge < -0.3 is 0 Å². The van der Waals surface area contributed by atoms with Gasteiger partial charge in [-0.15, -0.1) is 0 Å². The van der Waals surface area contributed by atoms with Crippen molar-refractivity contribution in [1.82, 2.24) is 0 Å². The summed E-state index contributed by atoms with van der Waals surface area (Å²) in [6, 6.07) is 2.81. The van der Waals surface area contributed by atoms with Crippen LogP contribution in [0.5, 0.6) is 0 Å². The first kappa shape index (κ1) is 22.7. The zero-order valence-electron chi connectivity index (χ0n) is 20.2. The molecule has 0 heterocycles. The first-order chi connectivity index (χ1) is 14.7. The number of nitriles is 1. The van der Waals surface area contributed by atoms with Crippen LogP contribution in [0.25, 0.3) is 0 Å². The first-order valence-corrected chi connectivity index (χ1v) is 14.1. The molecule has 30 heavy (non-hydrogen) atoms. The Morgan fingerprint density at radius 2 is 1.47 bits per heavy atom. The minimum atomic E-state index is 0.0354. The van der Waals surface area contributed by atoms with Crippen molar-refractivity contribution >= 4 is 0 Å². The minimum Gasteiger partial charge on any atom is -0.198 e. The summed E-state index contributed by atoms with van der Waals surface area (Å²) in [5, 5.41) is 9.95. The topological polar surface area (TPSA) is 23.8 Å². The number of fused-ring (bicyclic) bond motifs is 5. The van der Waals surface area contributed by atoms with E-state index in [0.29, 0.717) is 0 Å². The summed E-state index contributed by atoms with van der Waals surface area (Å²) in [6.45, 7) is 4.60. The van der Waals surface area contributed by atoms with E-state index in [9.17, 15) is 5.26 Å². The highest BCUT2D eigenvalue weighted by molar-refractivity contribution is 5.07. The van der Waals surface area contributed by atoms with Crippen molar-refractivity contribution in [3.63, 3.8) is 0 Å². The molecular weight excluding hydrogens is 362 g/mol. The number of hydrogen-bond donors (Lipinski definition) is 0. The largest absolute Gasteiger partial charge is 0.198 e. The van der Waals surface area contributed by atoms with Crippen molar-refractivity contribution in [1.29, 1.82) is 5.26 Å². The summed E-state index contributed by atoms with van der Waals surface area (Å²) in [5.74, 6) is 7.12. The molecule has 1 nitrogen and oxygen atoms in total. The molecule has 0 spiro atoms. The minimum absolute atomic E-state index is 0.0354. The van der Waals surface area contributed by atoms with Gasteiger partial charge in [0.25, 0.3) is 0 Å². The molecule has 0 bridgehead atoms. The molecule has 8 atom stereocenters. The van der Waals surface area contributed by atoms with E-state index in [4.69, 9.17) is 0 Å². The number of unbranched alkanes of at least 4 members (excludes halogenated alkanes) is 4. The highest BCUT2D eigenvalue weighted by atomic mass is 14.6. The highest BCUT2D eigenvalue weighted by Crippen LogP contribution is 2.60. The van der Waals surface area contributed by atoms with Gasteiger partial charge in [0.1, 0.15) is 0 Å². The third-order valence-corrected chi connectivity index (χ3v) is 10.5. The lowest BCUT2D eigenvalue weighted by Gasteiger charge is -2.57. The average Bonchev–Trinajstić information content (AvgIpc) is 2.78. The predicted octanol–water partition coefficient (Wildman–Crippen LogP) is 8.93. The monoisotopic (exact) mass is 411 g/mol. The van der Waals surface area contributed by atoms with Gasteiger partial charge in [0.05, 0.1) is 11.5 Å². The van der Waals surface area contributed by atoms with Crippen LogP contribution in [-0.2, 0) is 0 Å². The van der Waals surface area contributed by atoms with E-state index < -0.39 is 0 Å². The highest BCUT2D eigenvalue weighted by Gasteiger charge is 2.52. The van der Waals surface area contributed by atoms with Crippen LogP contribution in [0.15, 0.2) is 0 Å². The molecule has 0 aromatic carbocycles. The molecule has 6 unspecified atom stereocenters. The Morgan fingerprint density at radius 3 is 2.27 bits per heavy atom. The number of nitrogens with zero attached hydrogens (tertiary/aromatic N) is 1. The SMILES string of the molecule is CCCCCCC[C@H]1CCCC2C3CCC4C[C@](C#N)(CCC)CCC4C3CCC21. The summed E-state index contributed by atoms with van der Waals surface area (Å²) in [5.41, 5.74) is 0.0354. The molecule has 0 saturated heterocycles. The lowest BCUT2D eigenvalue weighted by atomic mass is 9.48. The maximum Gasteiger partial charge on any atom is 0.0689 e. The molecule has 0 amide bonds. The van der Waals surface area contributed by atoms with Crippen LogP contribution < -0.4 is 0 Å². The molecule has 4 aliphatic carbocycles. The van der Waals surface area contributed by atoms with Gasteiger partial charge in [0.15, 0.2) is 0 Å². The van der Waals surface area contributed by atoms with Gasteiger partial charge in [-0.1, -0.05) is 71.6 Å². The summed E-state index contributed by atoms with van der Waals surface area (Å²) >= 11 is 0. The Bertz CT molecular complexity index is 575. The van der Waals surface area contributed by atoms with Gasteiger partial charge in [-0.25, -0.2) is 0 Å². The molecule has 170 valence electrons. The normalized spacial score (nSPS) is 43.2. The van der Waals surface area contributed by atoms with E-state index in [1.807, 2.05) is 0 Å². The van der Waals surface area contributed by atoms with Crippen LogP contribution in [0.4, 0.5) is 0 Å². The Labute approximate surface area is 187 Å². The molecule has 4 fully saturated rings. The van der Waals surface area contributed by atoms with Gasteiger partial charge in [-0.2, -0.15) is 5.26 Å². The lowest BCUT2D eigenvalue weighted by Crippen LogP contribution is -2.49. The fourth-order valence-corrected chi connectivity index (χ4v) is 9.20. The van der Waals surface area contributed by atoms with Crippen molar-refractivity contribution in [2.75, 3.05) is 0 Å². The second kappa shape index (κ2) is 10.4. The number of hydrogen-bond acceptors (Lipinski definition) is 1. The van der Waals surface area contributed by atoms with Crippen LogP contribution in [0, 0.1) is 58.2 Å². The molecule has 0 N–H and O–H groups in total. The van der Waals surface area contributed by atoms with Gasteiger partial charge in [0, 0.05) is 0 Å². The zero-order chi connectivity index (χ0) is 21.0. The molecule has 4 rings (SSSR count). The first-order valence-electron chi connectivity index (χ1n) is 14.1. The molecule has 4 aliphatic rings. The van der Waals surface area contributed by atoms with Gasteiger partial charge >= 0.3 is 0 Å². The summed E-state index contributed by atoms with van der Waals surface area (Å²) in [6.07, 6.45) is 25.6. The molecular formula is C29H49N. The van der Waals surface area contributed by atoms with E-state index in [2.05, 4.69) is 19.9 Å². The van der Waals surface area contributed by atoms with Gasteiger partial charge in [0.2, 0.25) is 0 Å². The molecule has 0 aliphatic heterocycles. The summed E-state index contributed by atoms with van der Waals surface area (Å²) < 4.78 is 0.